The van der Waals surface area contributed by atoms with Gasteiger partial charge in [0.1, 0.15) is 0 Å². The average molecular weight is 293 g/mol. The van der Waals surface area contributed by atoms with E-state index in [-0.39, 0.29) is 16.7 Å². The van der Waals surface area contributed by atoms with Crippen molar-refractivity contribution in [3.05, 3.63) is 39.9 Å². The summed E-state index contributed by atoms with van der Waals surface area (Å²) in [6.07, 6.45) is 0. The molecule has 0 unspecified atom stereocenters. The Bertz CT molecular complexity index is 626. The van der Waals surface area contributed by atoms with E-state index in [0.29, 0.717) is 22.4 Å². The van der Waals surface area contributed by atoms with Crippen LogP contribution in [0.1, 0.15) is 25.5 Å². The summed E-state index contributed by atoms with van der Waals surface area (Å²) in [5.74, 6) is 0.798. The van der Waals surface area contributed by atoms with Gasteiger partial charge >= 0.3 is 0 Å². The zero-order chi connectivity index (χ0) is 14.7. The van der Waals surface area contributed by atoms with Crippen molar-refractivity contribution in [3.63, 3.8) is 0 Å². The second kappa shape index (κ2) is 5.91. The third kappa shape index (κ3) is 2.90. The molecule has 0 saturated carbocycles. The predicted molar refractivity (Wildman–Crippen MR) is 77.5 cm³/mol. The molecule has 2 N–H and O–H groups in total. The lowest BCUT2D eigenvalue weighted by atomic mass is 10.2. The van der Waals surface area contributed by atoms with Crippen molar-refractivity contribution < 1.29 is 4.92 Å². The average Bonchev–Trinajstić information content (AvgIpc) is 2.77. The molecule has 0 saturated heterocycles. The van der Waals surface area contributed by atoms with Crippen molar-refractivity contribution in [2.45, 2.75) is 30.8 Å². The Morgan fingerprint density at radius 2 is 2.10 bits per heavy atom. The molecule has 2 rings (SSSR count). The number of rotatable bonds is 5. The van der Waals surface area contributed by atoms with Gasteiger partial charge in [-0.1, -0.05) is 30.0 Å². The molecule has 7 nitrogen and oxygen atoms in total. The number of benzene rings is 1. The van der Waals surface area contributed by atoms with Crippen LogP contribution in [0.15, 0.2) is 29.4 Å². The number of nitrogens with two attached hydrogens (primary N) is 1. The number of nitro groups is 1. The van der Waals surface area contributed by atoms with Crippen molar-refractivity contribution in [1.82, 2.24) is 14.8 Å². The van der Waals surface area contributed by atoms with Gasteiger partial charge in [-0.15, -0.1) is 10.2 Å². The van der Waals surface area contributed by atoms with Crippen molar-refractivity contribution in [2.75, 3.05) is 5.73 Å². The smallest absolute Gasteiger partial charge is 0.273 e. The zero-order valence-corrected chi connectivity index (χ0v) is 12.0. The molecule has 0 fully saturated rings. The molecular weight excluding hydrogens is 278 g/mol. The lowest BCUT2D eigenvalue weighted by Crippen LogP contribution is -2.07. The maximum atomic E-state index is 11.0. The number of aromatic nitrogens is 3. The number of para-hydroxylation sites is 1. The van der Waals surface area contributed by atoms with E-state index in [9.17, 15) is 10.1 Å². The van der Waals surface area contributed by atoms with Gasteiger partial charge in [-0.3, -0.25) is 14.7 Å². The fraction of sp³-hybridized carbons (Fsp3) is 0.333. The van der Waals surface area contributed by atoms with E-state index < -0.39 is 0 Å². The maximum Gasteiger partial charge on any atom is 0.273 e. The number of hydrogen-bond donors (Lipinski definition) is 1. The molecule has 8 heteroatoms. The molecule has 2 aromatic rings. The lowest BCUT2D eigenvalue weighted by molar-refractivity contribution is -0.385. The molecule has 0 radical (unpaired) electrons. The highest BCUT2D eigenvalue weighted by Gasteiger charge is 2.16. The van der Waals surface area contributed by atoms with Crippen LogP contribution in [-0.4, -0.2) is 19.7 Å². The van der Waals surface area contributed by atoms with Gasteiger partial charge in [-0.2, -0.15) is 0 Å². The Balaban J connectivity index is 2.20. The van der Waals surface area contributed by atoms with Crippen LogP contribution in [0, 0.1) is 10.1 Å². The number of thioether (sulfide) groups is 1. The molecule has 0 atom stereocenters. The first kappa shape index (κ1) is 14.3. The quantitative estimate of drug-likeness (QED) is 0.516. The second-order valence-corrected chi connectivity index (χ2v) is 5.42. The van der Waals surface area contributed by atoms with Gasteiger partial charge < -0.3 is 5.73 Å². The number of nitro benzene ring substituents is 1. The minimum absolute atomic E-state index is 0.114. The summed E-state index contributed by atoms with van der Waals surface area (Å²) in [5.41, 5.74) is 6.52. The van der Waals surface area contributed by atoms with E-state index in [1.807, 2.05) is 13.8 Å². The third-order valence-electron chi connectivity index (χ3n) is 2.75. The van der Waals surface area contributed by atoms with Gasteiger partial charge in [0.2, 0.25) is 5.95 Å². The number of hydrogen-bond acceptors (Lipinski definition) is 6. The molecule has 106 valence electrons. The molecule has 0 amide bonds. The second-order valence-electron chi connectivity index (χ2n) is 4.48. The van der Waals surface area contributed by atoms with E-state index in [1.165, 1.54) is 17.8 Å². The fourth-order valence-corrected chi connectivity index (χ4v) is 2.90. The van der Waals surface area contributed by atoms with E-state index in [1.54, 1.807) is 22.8 Å². The Labute approximate surface area is 120 Å². The molecule has 1 aromatic heterocycles. The first-order chi connectivity index (χ1) is 9.50. The lowest BCUT2D eigenvalue weighted by Gasteiger charge is -2.11. The van der Waals surface area contributed by atoms with Crippen LogP contribution in [0.5, 0.6) is 0 Å². The first-order valence-corrected chi connectivity index (χ1v) is 7.04. The normalized spacial score (nSPS) is 10.9. The summed E-state index contributed by atoms with van der Waals surface area (Å²) in [4.78, 5) is 10.6. The SMILES string of the molecule is CC(C)n1c(N)nnc1SCc1ccccc1[N+](=O)[O-]. The first-order valence-electron chi connectivity index (χ1n) is 6.06. The Hall–Kier alpha value is -2.09. The topological polar surface area (TPSA) is 99.9 Å². The van der Waals surface area contributed by atoms with Crippen LogP contribution >= 0.6 is 11.8 Å². The Morgan fingerprint density at radius 1 is 1.40 bits per heavy atom. The predicted octanol–water partition coefficient (Wildman–Crippen LogP) is 2.64. The zero-order valence-electron chi connectivity index (χ0n) is 11.2. The Kier molecular flexibility index (Phi) is 4.23. The molecule has 1 heterocycles. The van der Waals surface area contributed by atoms with Crippen molar-refractivity contribution in [3.8, 4) is 0 Å². The van der Waals surface area contributed by atoms with E-state index in [2.05, 4.69) is 10.2 Å². The molecule has 0 bridgehead atoms. The third-order valence-corrected chi connectivity index (χ3v) is 3.74. The number of nitrogen functional groups attached to an aromatic ring is 1. The van der Waals surface area contributed by atoms with Crippen molar-refractivity contribution in [2.24, 2.45) is 0 Å². The van der Waals surface area contributed by atoms with Gasteiger partial charge in [0.05, 0.1) is 4.92 Å². The van der Waals surface area contributed by atoms with Crippen LogP contribution in [0.2, 0.25) is 0 Å². The maximum absolute atomic E-state index is 11.0. The van der Waals surface area contributed by atoms with Crippen LogP contribution in [0.4, 0.5) is 11.6 Å². The summed E-state index contributed by atoms with van der Waals surface area (Å²) in [6, 6.07) is 6.81. The highest BCUT2D eigenvalue weighted by molar-refractivity contribution is 7.98. The Morgan fingerprint density at radius 3 is 2.75 bits per heavy atom. The summed E-state index contributed by atoms with van der Waals surface area (Å²) < 4.78 is 1.80. The minimum atomic E-state index is -0.378. The highest BCUT2D eigenvalue weighted by Crippen LogP contribution is 2.29. The monoisotopic (exact) mass is 293 g/mol. The van der Waals surface area contributed by atoms with Gasteiger partial charge in [0.15, 0.2) is 5.16 Å². The van der Waals surface area contributed by atoms with Gasteiger partial charge in [-0.25, -0.2) is 0 Å². The summed E-state index contributed by atoms with van der Waals surface area (Å²) >= 11 is 1.39. The van der Waals surface area contributed by atoms with E-state index in [4.69, 9.17) is 5.73 Å². The van der Waals surface area contributed by atoms with Crippen LogP contribution in [-0.2, 0) is 5.75 Å². The van der Waals surface area contributed by atoms with E-state index in [0.717, 1.165) is 0 Å². The molecule has 0 aliphatic carbocycles. The highest BCUT2D eigenvalue weighted by atomic mass is 32.2. The standard InChI is InChI=1S/C12H15N5O2S/c1-8(2)16-11(13)14-15-12(16)20-7-9-5-3-4-6-10(9)17(18)19/h3-6,8H,7H2,1-2H3,(H2,13,14). The van der Waals surface area contributed by atoms with Gasteiger partial charge in [-0.05, 0) is 13.8 Å². The van der Waals surface area contributed by atoms with Crippen molar-refractivity contribution in [1.29, 1.82) is 0 Å². The van der Waals surface area contributed by atoms with E-state index >= 15 is 0 Å². The van der Waals surface area contributed by atoms with Gasteiger partial charge in [0, 0.05) is 23.4 Å². The molecule has 20 heavy (non-hydrogen) atoms. The summed E-state index contributed by atoms with van der Waals surface area (Å²) in [7, 11) is 0. The molecule has 1 aromatic carbocycles. The summed E-state index contributed by atoms with van der Waals surface area (Å²) in [5, 5.41) is 19.5. The largest absolute Gasteiger partial charge is 0.368 e. The minimum Gasteiger partial charge on any atom is -0.368 e. The number of nitrogens with zero attached hydrogens (tertiary/aromatic N) is 4. The number of anilines is 1. The summed E-state index contributed by atoms with van der Waals surface area (Å²) in [6.45, 7) is 3.96. The van der Waals surface area contributed by atoms with Crippen LogP contribution in [0.25, 0.3) is 0 Å². The molecule has 0 spiro atoms. The van der Waals surface area contributed by atoms with Crippen LogP contribution < -0.4 is 5.73 Å². The molecule has 0 aliphatic rings. The fourth-order valence-electron chi connectivity index (χ4n) is 1.83. The molecule has 0 aliphatic heterocycles. The van der Waals surface area contributed by atoms with Crippen LogP contribution in [0.3, 0.4) is 0 Å². The molecular formula is C12H15N5O2S. The van der Waals surface area contributed by atoms with Crippen molar-refractivity contribution >= 4 is 23.4 Å². The van der Waals surface area contributed by atoms with Gasteiger partial charge in [0.25, 0.3) is 5.69 Å².